The molecular formula is C9H7Cl3N2O3S. The number of rotatable bonds is 1. The average molecular weight is 330 g/mol. The molecular weight excluding hydrogens is 323 g/mol. The summed E-state index contributed by atoms with van der Waals surface area (Å²) in [5, 5.41) is 2.66. The molecule has 5 nitrogen and oxygen atoms in total. The second-order valence-electron chi connectivity index (χ2n) is 3.40. The van der Waals surface area contributed by atoms with Gasteiger partial charge in [0, 0.05) is 6.07 Å². The van der Waals surface area contributed by atoms with Gasteiger partial charge in [-0.1, -0.05) is 34.8 Å². The Bertz CT molecular complexity index is 622. The number of amidine groups is 1. The average Bonchev–Trinajstić information content (AvgIpc) is 2.26. The molecule has 1 aromatic carbocycles. The highest BCUT2D eigenvalue weighted by Gasteiger charge is 2.35. The van der Waals surface area contributed by atoms with Crippen LogP contribution in [0.1, 0.15) is 0 Å². The van der Waals surface area contributed by atoms with E-state index in [1.807, 2.05) is 0 Å². The largest absolute Gasteiger partial charge is 0.497 e. The van der Waals surface area contributed by atoms with Crippen LogP contribution in [0.25, 0.3) is 0 Å². The molecule has 0 saturated carbocycles. The van der Waals surface area contributed by atoms with Gasteiger partial charge in [0.1, 0.15) is 10.6 Å². The van der Waals surface area contributed by atoms with Gasteiger partial charge in [-0.3, -0.25) is 0 Å². The Morgan fingerprint density at radius 2 is 2.00 bits per heavy atom. The first-order valence-electron chi connectivity index (χ1n) is 4.61. The lowest BCUT2D eigenvalue weighted by Crippen LogP contribution is -2.32. The number of benzene rings is 1. The Balaban J connectivity index is 2.59. The van der Waals surface area contributed by atoms with Crippen LogP contribution in [0.3, 0.4) is 0 Å². The zero-order valence-electron chi connectivity index (χ0n) is 8.95. The monoisotopic (exact) mass is 328 g/mol. The van der Waals surface area contributed by atoms with E-state index < -0.39 is 13.8 Å². The molecule has 0 aromatic heterocycles. The van der Waals surface area contributed by atoms with Crippen molar-refractivity contribution in [2.45, 2.75) is 8.69 Å². The van der Waals surface area contributed by atoms with Crippen LogP contribution in [0, 0.1) is 0 Å². The number of nitrogens with one attached hydrogen (secondary N) is 1. The maximum absolute atomic E-state index is 11.9. The minimum atomic E-state index is -3.88. The molecule has 0 amide bonds. The number of fused-ring (bicyclic) bond motifs is 1. The number of halogens is 3. The van der Waals surface area contributed by atoms with Crippen LogP contribution in [0.5, 0.6) is 5.75 Å². The zero-order valence-corrected chi connectivity index (χ0v) is 12.0. The van der Waals surface area contributed by atoms with Gasteiger partial charge in [0.05, 0.1) is 12.8 Å². The molecule has 0 atom stereocenters. The van der Waals surface area contributed by atoms with Crippen molar-refractivity contribution < 1.29 is 13.2 Å². The van der Waals surface area contributed by atoms with Crippen LogP contribution in [0.15, 0.2) is 27.5 Å². The molecule has 2 rings (SSSR count). The van der Waals surface area contributed by atoms with Crippen molar-refractivity contribution in [3.8, 4) is 5.75 Å². The lowest BCUT2D eigenvalue weighted by Gasteiger charge is -2.22. The predicted molar refractivity (Wildman–Crippen MR) is 71.5 cm³/mol. The second kappa shape index (κ2) is 4.45. The summed E-state index contributed by atoms with van der Waals surface area (Å²) in [6.45, 7) is 0. The lowest BCUT2D eigenvalue weighted by atomic mass is 10.3. The van der Waals surface area contributed by atoms with Crippen molar-refractivity contribution in [2.24, 2.45) is 4.40 Å². The number of methoxy groups -OCH3 is 1. The van der Waals surface area contributed by atoms with Gasteiger partial charge in [-0.25, -0.2) is 0 Å². The van der Waals surface area contributed by atoms with Crippen molar-refractivity contribution in [3.05, 3.63) is 18.2 Å². The van der Waals surface area contributed by atoms with Crippen LogP contribution in [-0.2, 0) is 10.0 Å². The third-order valence-corrected chi connectivity index (χ3v) is 4.07. The first-order chi connectivity index (χ1) is 8.24. The summed E-state index contributed by atoms with van der Waals surface area (Å²) in [5.41, 5.74) is 0.255. The van der Waals surface area contributed by atoms with Crippen molar-refractivity contribution in [1.82, 2.24) is 0 Å². The van der Waals surface area contributed by atoms with Crippen molar-refractivity contribution >= 4 is 56.3 Å². The molecule has 1 aliphatic heterocycles. The van der Waals surface area contributed by atoms with E-state index in [9.17, 15) is 8.42 Å². The van der Waals surface area contributed by atoms with Crippen LogP contribution in [0.4, 0.5) is 5.69 Å². The normalized spacial score (nSPS) is 17.4. The van der Waals surface area contributed by atoms with Gasteiger partial charge in [0.2, 0.25) is 3.79 Å². The first kappa shape index (κ1) is 13.7. The SMILES string of the molecule is COc1ccc2c(c1)NC(C(Cl)(Cl)Cl)=NS2(=O)=O. The number of anilines is 1. The number of nitrogens with zero attached hydrogens (tertiary/aromatic N) is 1. The third kappa shape index (κ3) is 2.51. The fraction of sp³-hybridized carbons (Fsp3) is 0.222. The molecule has 18 heavy (non-hydrogen) atoms. The quantitative estimate of drug-likeness (QED) is 0.804. The van der Waals surface area contributed by atoms with Gasteiger partial charge >= 0.3 is 0 Å². The number of hydrogen-bond donors (Lipinski definition) is 1. The van der Waals surface area contributed by atoms with Crippen LogP contribution >= 0.6 is 34.8 Å². The molecule has 1 aromatic rings. The second-order valence-corrected chi connectivity index (χ2v) is 7.25. The van der Waals surface area contributed by atoms with Gasteiger partial charge in [0.15, 0.2) is 5.84 Å². The Morgan fingerprint density at radius 3 is 2.56 bits per heavy atom. The molecule has 0 aliphatic carbocycles. The van der Waals surface area contributed by atoms with Gasteiger partial charge in [-0.15, -0.1) is 4.40 Å². The first-order valence-corrected chi connectivity index (χ1v) is 7.18. The van der Waals surface area contributed by atoms with E-state index in [1.165, 1.54) is 25.3 Å². The van der Waals surface area contributed by atoms with Gasteiger partial charge in [0.25, 0.3) is 10.0 Å². The Kier molecular flexibility index (Phi) is 3.40. The zero-order chi connectivity index (χ0) is 13.6. The Morgan fingerprint density at radius 1 is 1.33 bits per heavy atom. The topological polar surface area (TPSA) is 67.8 Å². The summed E-state index contributed by atoms with van der Waals surface area (Å²) in [5.74, 6) is 0.204. The molecule has 1 N–H and O–H groups in total. The van der Waals surface area contributed by atoms with Crippen LogP contribution in [-0.4, -0.2) is 25.2 Å². The van der Waals surface area contributed by atoms with E-state index in [0.29, 0.717) is 5.75 Å². The summed E-state index contributed by atoms with van der Waals surface area (Å²) in [6, 6.07) is 4.36. The van der Waals surface area contributed by atoms with Crippen molar-refractivity contribution in [1.29, 1.82) is 0 Å². The van der Waals surface area contributed by atoms with Gasteiger partial charge in [-0.2, -0.15) is 8.42 Å². The fourth-order valence-electron chi connectivity index (χ4n) is 1.40. The highest BCUT2D eigenvalue weighted by Crippen LogP contribution is 2.36. The third-order valence-electron chi connectivity index (χ3n) is 2.20. The molecule has 0 saturated heterocycles. The Hall–Kier alpha value is -0.690. The molecule has 0 radical (unpaired) electrons. The van der Waals surface area contributed by atoms with E-state index in [1.54, 1.807) is 0 Å². The molecule has 9 heteroatoms. The minimum Gasteiger partial charge on any atom is -0.497 e. The van der Waals surface area contributed by atoms with Crippen LogP contribution in [0.2, 0.25) is 0 Å². The number of hydrogen-bond acceptors (Lipinski definition) is 4. The maximum atomic E-state index is 11.9. The van der Waals surface area contributed by atoms with E-state index in [-0.39, 0.29) is 16.4 Å². The van der Waals surface area contributed by atoms with E-state index >= 15 is 0 Å². The molecule has 0 spiro atoms. The number of alkyl halides is 3. The summed E-state index contributed by atoms with van der Waals surface area (Å²) in [6.07, 6.45) is 0. The van der Waals surface area contributed by atoms with E-state index in [0.717, 1.165) is 0 Å². The summed E-state index contributed by atoms with van der Waals surface area (Å²) in [4.78, 5) is 0.00120. The molecule has 0 unspecified atom stereocenters. The molecule has 0 fully saturated rings. The van der Waals surface area contributed by atoms with Gasteiger partial charge in [-0.05, 0) is 12.1 Å². The highest BCUT2D eigenvalue weighted by atomic mass is 35.6. The summed E-state index contributed by atoms with van der Waals surface area (Å²) >= 11 is 16.9. The van der Waals surface area contributed by atoms with E-state index in [4.69, 9.17) is 39.5 Å². The smallest absolute Gasteiger partial charge is 0.286 e. The lowest BCUT2D eigenvalue weighted by molar-refractivity contribution is 0.414. The standard InChI is InChI=1S/C9H7Cl3N2O3S/c1-17-5-2-3-7-6(4-5)13-8(9(10,11)12)14-18(7,15)16/h2-4H,1H3,(H,13,14). The maximum Gasteiger partial charge on any atom is 0.286 e. The Labute approximate surface area is 119 Å². The molecule has 1 aliphatic rings. The summed E-state index contributed by atoms with van der Waals surface area (Å²) < 4.78 is 30.2. The van der Waals surface area contributed by atoms with Gasteiger partial charge < -0.3 is 10.1 Å². The summed E-state index contributed by atoms with van der Waals surface area (Å²) in [7, 11) is -2.42. The van der Waals surface area contributed by atoms with Crippen LogP contribution < -0.4 is 10.1 Å². The predicted octanol–water partition coefficient (Wildman–Crippen LogP) is 2.58. The number of ether oxygens (including phenoxy) is 1. The van der Waals surface area contributed by atoms with Crippen molar-refractivity contribution in [2.75, 3.05) is 12.4 Å². The highest BCUT2D eigenvalue weighted by molar-refractivity contribution is 7.90. The van der Waals surface area contributed by atoms with E-state index in [2.05, 4.69) is 9.71 Å². The molecule has 0 bridgehead atoms. The molecule has 1 heterocycles. The minimum absolute atomic E-state index is 0.00120. The molecule has 98 valence electrons. The number of sulfonamides is 1. The van der Waals surface area contributed by atoms with Crippen molar-refractivity contribution in [3.63, 3.8) is 0 Å². The fourth-order valence-corrected chi connectivity index (χ4v) is 2.97.